The van der Waals surface area contributed by atoms with Crippen molar-refractivity contribution in [2.75, 3.05) is 6.54 Å². The summed E-state index contributed by atoms with van der Waals surface area (Å²) in [7, 11) is -3.81. The van der Waals surface area contributed by atoms with Crippen LogP contribution in [-0.4, -0.2) is 36.1 Å². The van der Waals surface area contributed by atoms with Crippen molar-refractivity contribution in [2.24, 2.45) is 0 Å². The van der Waals surface area contributed by atoms with Crippen molar-refractivity contribution < 1.29 is 26.7 Å². The van der Waals surface area contributed by atoms with Crippen LogP contribution in [-0.2, 0) is 16.2 Å². The molecule has 0 aliphatic heterocycles. The van der Waals surface area contributed by atoms with Crippen molar-refractivity contribution >= 4 is 32.4 Å². The normalized spacial score (nSPS) is 14.0. The first kappa shape index (κ1) is 18.8. The molecule has 0 saturated carbocycles. The molecule has 0 radical (unpaired) electrons. The number of aliphatic hydroxyl groups is 1. The molecule has 0 amide bonds. The van der Waals surface area contributed by atoms with Crippen LogP contribution in [0.15, 0.2) is 34.7 Å². The number of rotatable bonds is 5. The first-order valence-electron chi connectivity index (χ1n) is 7.41. The number of alkyl halides is 3. The topological polar surface area (TPSA) is 95.1 Å². The Balaban J connectivity index is 2.01. The number of sulfonamides is 1. The lowest BCUT2D eigenvalue weighted by Crippen LogP contribution is -2.30. The van der Waals surface area contributed by atoms with Gasteiger partial charge in [0.05, 0.1) is 6.10 Å². The summed E-state index contributed by atoms with van der Waals surface area (Å²) in [6.45, 7) is 1.31. The Hall–Kier alpha value is -1.95. The van der Waals surface area contributed by atoms with Crippen LogP contribution in [0.3, 0.4) is 0 Å². The summed E-state index contributed by atoms with van der Waals surface area (Å²) in [5.41, 5.74) is -0.404. The molecule has 0 aliphatic carbocycles. The average Bonchev–Trinajstić information content (AvgIpc) is 3.19. The molecule has 0 bridgehead atoms. The number of aliphatic hydroxyl groups excluding tert-OH is 1. The second-order valence-electron chi connectivity index (χ2n) is 5.62. The van der Waals surface area contributed by atoms with Gasteiger partial charge in [-0.3, -0.25) is 0 Å². The van der Waals surface area contributed by atoms with Crippen molar-refractivity contribution in [1.82, 2.24) is 14.7 Å². The quantitative estimate of drug-likeness (QED) is 0.608. The molecule has 6 nitrogen and oxygen atoms in total. The molecule has 3 N–H and O–H groups in total. The Morgan fingerprint density at radius 3 is 2.73 bits per heavy atom. The number of H-pyrrole nitrogens is 1. The standard InChI is InChI=1S/C15H14F3N3O3S2/c1-8(22)7-20-26(23,24)13-3-2-11(25-13)9-4-5-19-14-10(9)6-12(21-14)15(16,17)18/h2-6,8,20,22H,7H2,1H3,(H,19,21)/t8-/m0/s1. The smallest absolute Gasteiger partial charge is 0.392 e. The molecule has 3 rings (SSSR count). The van der Waals surface area contributed by atoms with Gasteiger partial charge in [-0.2, -0.15) is 13.2 Å². The van der Waals surface area contributed by atoms with Gasteiger partial charge in [-0.1, -0.05) is 0 Å². The van der Waals surface area contributed by atoms with Crippen LogP contribution in [0, 0.1) is 0 Å². The van der Waals surface area contributed by atoms with Gasteiger partial charge in [0.1, 0.15) is 15.6 Å². The van der Waals surface area contributed by atoms with Crippen LogP contribution >= 0.6 is 11.3 Å². The van der Waals surface area contributed by atoms with Crippen LogP contribution in [0.1, 0.15) is 12.6 Å². The summed E-state index contributed by atoms with van der Waals surface area (Å²) in [5.74, 6) is 0. The molecule has 0 aliphatic rings. The lowest BCUT2D eigenvalue weighted by atomic mass is 10.1. The maximum atomic E-state index is 12.9. The van der Waals surface area contributed by atoms with E-state index in [0.717, 1.165) is 17.4 Å². The van der Waals surface area contributed by atoms with Crippen LogP contribution < -0.4 is 4.72 Å². The van der Waals surface area contributed by atoms with E-state index < -0.39 is 28.0 Å². The molecule has 140 valence electrons. The van der Waals surface area contributed by atoms with Crippen molar-refractivity contribution in [3.05, 3.63) is 36.2 Å². The van der Waals surface area contributed by atoms with Crippen molar-refractivity contribution in [1.29, 1.82) is 0 Å². The van der Waals surface area contributed by atoms with Gasteiger partial charge in [0, 0.05) is 28.6 Å². The summed E-state index contributed by atoms with van der Waals surface area (Å²) in [6, 6.07) is 5.38. The second kappa shape index (κ2) is 6.65. The molecule has 0 fully saturated rings. The van der Waals surface area contributed by atoms with Crippen LogP contribution in [0.25, 0.3) is 21.5 Å². The third-order valence-corrected chi connectivity index (χ3v) is 6.55. The van der Waals surface area contributed by atoms with Gasteiger partial charge in [-0.05, 0) is 31.2 Å². The van der Waals surface area contributed by atoms with E-state index >= 15 is 0 Å². The van der Waals surface area contributed by atoms with Crippen LogP contribution in [0.5, 0.6) is 0 Å². The number of aromatic nitrogens is 2. The highest BCUT2D eigenvalue weighted by molar-refractivity contribution is 7.91. The molecule has 0 saturated heterocycles. The molecule has 0 aromatic carbocycles. The van der Waals surface area contributed by atoms with Crippen molar-refractivity contribution in [2.45, 2.75) is 23.4 Å². The summed E-state index contributed by atoms with van der Waals surface area (Å²) in [4.78, 5) is 6.61. The van der Waals surface area contributed by atoms with E-state index in [4.69, 9.17) is 0 Å². The predicted octanol–water partition coefficient (Wildman–Crippen LogP) is 2.97. The van der Waals surface area contributed by atoms with E-state index in [9.17, 15) is 26.7 Å². The minimum absolute atomic E-state index is 0.00435. The molecular weight excluding hydrogens is 391 g/mol. The Bertz CT molecular complexity index is 1040. The lowest BCUT2D eigenvalue weighted by Gasteiger charge is -2.06. The number of nitrogens with one attached hydrogen (secondary N) is 2. The average molecular weight is 405 g/mol. The highest BCUT2D eigenvalue weighted by Crippen LogP contribution is 2.37. The van der Waals surface area contributed by atoms with E-state index in [-0.39, 0.29) is 21.8 Å². The van der Waals surface area contributed by atoms with E-state index in [0.29, 0.717) is 10.4 Å². The largest absolute Gasteiger partial charge is 0.431 e. The fraction of sp³-hybridized carbons (Fsp3) is 0.267. The van der Waals surface area contributed by atoms with Gasteiger partial charge in [-0.15, -0.1) is 11.3 Å². The summed E-state index contributed by atoms with van der Waals surface area (Å²) >= 11 is 0.921. The number of nitrogens with zero attached hydrogens (tertiary/aromatic N) is 1. The minimum Gasteiger partial charge on any atom is -0.392 e. The first-order valence-corrected chi connectivity index (χ1v) is 9.71. The van der Waals surface area contributed by atoms with Gasteiger partial charge in [0.15, 0.2) is 0 Å². The highest BCUT2D eigenvalue weighted by Gasteiger charge is 2.33. The number of pyridine rings is 1. The second-order valence-corrected chi connectivity index (χ2v) is 8.70. The van der Waals surface area contributed by atoms with Crippen LogP contribution in [0.2, 0.25) is 0 Å². The van der Waals surface area contributed by atoms with Crippen LogP contribution in [0.4, 0.5) is 13.2 Å². The van der Waals surface area contributed by atoms with Crippen molar-refractivity contribution in [3.63, 3.8) is 0 Å². The Morgan fingerprint density at radius 1 is 1.35 bits per heavy atom. The maximum absolute atomic E-state index is 12.9. The number of hydrogen-bond donors (Lipinski definition) is 3. The Labute approximate surface area is 150 Å². The van der Waals surface area contributed by atoms with E-state index in [1.54, 1.807) is 0 Å². The summed E-state index contributed by atoms with van der Waals surface area (Å²) in [6.07, 6.45) is -4.02. The fourth-order valence-electron chi connectivity index (χ4n) is 2.31. The minimum atomic E-state index is -4.53. The third kappa shape index (κ3) is 3.75. The zero-order valence-electron chi connectivity index (χ0n) is 13.3. The number of hydrogen-bond acceptors (Lipinski definition) is 5. The summed E-state index contributed by atoms with van der Waals surface area (Å²) < 4.78 is 65.4. The number of halogens is 3. The highest BCUT2D eigenvalue weighted by atomic mass is 32.2. The Kier molecular flexibility index (Phi) is 4.82. The van der Waals surface area contributed by atoms with Gasteiger partial charge in [0.25, 0.3) is 0 Å². The fourth-order valence-corrected chi connectivity index (χ4v) is 4.82. The number of aromatic amines is 1. The molecule has 3 heterocycles. The third-order valence-electron chi connectivity index (χ3n) is 3.52. The molecule has 3 aromatic rings. The zero-order valence-corrected chi connectivity index (χ0v) is 15.0. The molecule has 1 atom stereocenters. The molecule has 11 heteroatoms. The molecule has 0 unspecified atom stereocenters. The monoisotopic (exact) mass is 405 g/mol. The molecule has 0 spiro atoms. The molecule has 3 aromatic heterocycles. The van der Waals surface area contributed by atoms with E-state index in [1.165, 1.54) is 31.3 Å². The van der Waals surface area contributed by atoms with Gasteiger partial charge in [0.2, 0.25) is 10.0 Å². The summed E-state index contributed by atoms with van der Waals surface area (Å²) in [5, 5.41) is 9.46. The number of fused-ring (bicyclic) bond motifs is 1. The predicted molar refractivity (Wildman–Crippen MR) is 91.3 cm³/mol. The lowest BCUT2D eigenvalue weighted by molar-refractivity contribution is -0.140. The number of thiophene rings is 1. The van der Waals surface area contributed by atoms with E-state index in [1.807, 2.05) is 0 Å². The maximum Gasteiger partial charge on any atom is 0.431 e. The van der Waals surface area contributed by atoms with Gasteiger partial charge < -0.3 is 10.1 Å². The Morgan fingerprint density at radius 2 is 2.08 bits per heavy atom. The van der Waals surface area contributed by atoms with Crippen molar-refractivity contribution in [3.8, 4) is 10.4 Å². The molecular formula is C15H14F3N3O3S2. The first-order chi connectivity index (χ1) is 12.1. The SMILES string of the molecule is C[C@H](O)CNS(=O)(=O)c1ccc(-c2ccnc3[nH]c(C(F)(F)F)cc23)s1. The zero-order chi connectivity index (χ0) is 19.1. The van der Waals surface area contributed by atoms with Gasteiger partial charge in [-0.25, -0.2) is 18.1 Å². The van der Waals surface area contributed by atoms with E-state index in [2.05, 4.69) is 14.7 Å². The molecule has 26 heavy (non-hydrogen) atoms. The van der Waals surface area contributed by atoms with Gasteiger partial charge >= 0.3 is 6.18 Å².